The summed E-state index contributed by atoms with van der Waals surface area (Å²) in [5, 5.41) is 5.30. The van der Waals surface area contributed by atoms with Gasteiger partial charge in [-0.05, 0) is 54.6 Å². The normalized spacial score (nSPS) is 10.9. The van der Waals surface area contributed by atoms with Gasteiger partial charge < -0.3 is 10.6 Å². The van der Waals surface area contributed by atoms with Crippen molar-refractivity contribution in [2.45, 2.75) is 11.8 Å². The van der Waals surface area contributed by atoms with Gasteiger partial charge in [0.2, 0.25) is 5.91 Å². The van der Waals surface area contributed by atoms with Crippen molar-refractivity contribution in [3.63, 3.8) is 0 Å². The molecular weight excluding hydrogens is 426 g/mol. The van der Waals surface area contributed by atoms with Gasteiger partial charge in [0, 0.05) is 29.5 Å². The van der Waals surface area contributed by atoms with Gasteiger partial charge in [-0.2, -0.15) is 0 Å². The van der Waals surface area contributed by atoms with Crippen LogP contribution in [0.5, 0.6) is 0 Å². The predicted molar refractivity (Wildman–Crippen MR) is 117 cm³/mol. The standard InChI is InChI=1S/C21H18ClN3O4S/c1-14(26)23-16-8-10-17(11-9-16)24-21(27)15-7-12-19(22)20(13-15)30(28,29)25-18-5-3-2-4-6-18/h2-13,25H,1H3,(H,23,26)(H,24,27). The quantitative estimate of drug-likeness (QED) is 0.526. The summed E-state index contributed by atoms with van der Waals surface area (Å²) in [4.78, 5) is 23.5. The zero-order valence-electron chi connectivity index (χ0n) is 15.8. The van der Waals surface area contributed by atoms with Crippen LogP contribution in [-0.2, 0) is 14.8 Å². The minimum Gasteiger partial charge on any atom is -0.326 e. The van der Waals surface area contributed by atoms with Crippen molar-refractivity contribution in [2.75, 3.05) is 15.4 Å². The van der Waals surface area contributed by atoms with Gasteiger partial charge in [-0.3, -0.25) is 14.3 Å². The molecule has 0 atom stereocenters. The summed E-state index contributed by atoms with van der Waals surface area (Å²) in [5.41, 5.74) is 1.57. The Bertz CT molecular complexity index is 1180. The second kappa shape index (κ2) is 8.98. The van der Waals surface area contributed by atoms with E-state index in [0.717, 1.165) is 0 Å². The smallest absolute Gasteiger partial charge is 0.263 e. The summed E-state index contributed by atoms with van der Waals surface area (Å²) >= 11 is 6.09. The zero-order chi connectivity index (χ0) is 21.7. The molecule has 154 valence electrons. The second-order valence-corrected chi connectivity index (χ2v) is 8.39. The van der Waals surface area contributed by atoms with Crippen LogP contribution in [-0.4, -0.2) is 20.2 Å². The number of rotatable bonds is 6. The molecule has 0 saturated carbocycles. The van der Waals surface area contributed by atoms with Gasteiger partial charge in [0.15, 0.2) is 0 Å². The molecule has 0 aliphatic carbocycles. The molecule has 0 fully saturated rings. The lowest BCUT2D eigenvalue weighted by Crippen LogP contribution is -2.16. The van der Waals surface area contributed by atoms with Gasteiger partial charge in [-0.25, -0.2) is 8.42 Å². The van der Waals surface area contributed by atoms with E-state index >= 15 is 0 Å². The van der Waals surface area contributed by atoms with Crippen LogP contribution < -0.4 is 15.4 Å². The second-order valence-electron chi connectivity index (χ2n) is 6.33. The van der Waals surface area contributed by atoms with E-state index in [2.05, 4.69) is 15.4 Å². The maximum Gasteiger partial charge on any atom is 0.263 e. The van der Waals surface area contributed by atoms with Gasteiger partial charge in [0.05, 0.1) is 5.02 Å². The number of amides is 2. The molecule has 3 aromatic carbocycles. The van der Waals surface area contributed by atoms with E-state index < -0.39 is 15.9 Å². The molecule has 3 N–H and O–H groups in total. The minimum absolute atomic E-state index is 0.00496. The topological polar surface area (TPSA) is 104 Å². The maximum absolute atomic E-state index is 12.7. The van der Waals surface area contributed by atoms with Crippen LogP contribution in [0.2, 0.25) is 5.02 Å². The molecule has 3 aromatic rings. The van der Waals surface area contributed by atoms with Crippen molar-refractivity contribution in [3.05, 3.63) is 83.4 Å². The molecule has 9 heteroatoms. The first-order valence-electron chi connectivity index (χ1n) is 8.81. The first kappa shape index (κ1) is 21.4. The highest BCUT2D eigenvalue weighted by Crippen LogP contribution is 2.25. The number of sulfonamides is 1. The molecule has 3 rings (SSSR count). The van der Waals surface area contributed by atoms with Crippen LogP contribution in [0.25, 0.3) is 0 Å². The molecule has 7 nitrogen and oxygen atoms in total. The Hall–Kier alpha value is -3.36. The SMILES string of the molecule is CC(=O)Nc1ccc(NC(=O)c2ccc(Cl)c(S(=O)(=O)Nc3ccccc3)c2)cc1. The molecule has 0 unspecified atom stereocenters. The molecule has 0 bridgehead atoms. The fraction of sp³-hybridized carbons (Fsp3) is 0.0476. The monoisotopic (exact) mass is 443 g/mol. The van der Waals surface area contributed by atoms with Crippen LogP contribution >= 0.6 is 11.6 Å². The number of carbonyl (C=O) groups is 2. The third-order valence-electron chi connectivity index (χ3n) is 3.97. The van der Waals surface area contributed by atoms with Gasteiger partial charge in [-0.15, -0.1) is 0 Å². The molecule has 2 amide bonds. The Balaban J connectivity index is 1.80. The van der Waals surface area contributed by atoms with E-state index in [1.54, 1.807) is 54.6 Å². The zero-order valence-corrected chi connectivity index (χ0v) is 17.4. The van der Waals surface area contributed by atoms with E-state index in [-0.39, 0.29) is 21.4 Å². The fourth-order valence-electron chi connectivity index (χ4n) is 2.61. The van der Waals surface area contributed by atoms with Gasteiger partial charge in [0.1, 0.15) is 4.90 Å². The highest BCUT2D eigenvalue weighted by atomic mass is 35.5. The summed E-state index contributed by atoms with van der Waals surface area (Å²) in [6.45, 7) is 1.40. The summed E-state index contributed by atoms with van der Waals surface area (Å²) in [5.74, 6) is -0.707. The van der Waals surface area contributed by atoms with Crippen LogP contribution in [0.4, 0.5) is 17.1 Å². The van der Waals surface area contributed by atoms with E-state index in [1.165, 1.54) is 25.1 Å². The largest absolute Gasteiger partial charge is 0.326 e. The number of halogens is 1. The number of nitrogens with one attached hydrogen (secondary N) is 3. The summed E-state index contributed by atoms with van der Waals surface area (Å²) in [6.07, 6.45) is 0. The molecule has 0 aliphatic rings. The van der Waals surface area contributed by atoms with Crippen molar-refractivity contribution in [2.24, 2.45) is 0 Å². The van der Waals surface area contributed by atoms with E-state index in [1.807, 2.05) is 0 Å². The molecule has 0 aliphatic heterocycles. The molecule has 0 aromatic heterocycles. The average molecular weight is 444 g/mol. The summed E-state index contributed by atoms with van der Waals surface area (Å²) in [7, 11) is -3.99. The van der Waals surface area contributed by atoms with Crippen molar-refractivity contribution in [1.82, 2.24) is 0 Å². The number of hydrogen-bond acceptors (Lipinski definition) is 4. The van der Waals surface area contributed by atoms with Gasteiger partial charge in [0.25, 0.3) is 15.9 Å². The number of para-hydroxylation sites is 1. The average Bonchev–Trinajstić information content (AvgIpc) is 2.69. The number of anilines is 3. The first-order chi connectivity index (χ1) is 14.2. The van der Waals surface area contributed by atoms with Crippen molar-refractivity contribution in [1.29, 1.82) is 0 Å². The third kappa shape index (κ3) is 5.37. The molecular formula is C21H18ClN3O4S. The van der Waals surface area contributed by atoms with Crippen LogP contribution in [0, 0.1) is 0 Å². The van der Waals surface area contributed by atoms with Crippen LogP contribution in [0.15, 0.2) is 77.7 Å². The molecule has 0 radical (unpaired) electrons. The first-order valence-corrected chi connectivity index (χ1v) is 10.7. The van der Waals surface area contributed by atoms with Gasteiger partial charge in [-0.1, -0.05) is 29.8 Å². The Labute approximate surface area is 179 Å². The Morgan fingerprint density at radius 1 is 0.800 bits per heavy atom. The highest BCUT2D eigenvalue weighted by Gasteiger charge is 2.20. The summed E-state index contributed by atoms with van der Waals surface area (Å²) in [6, 6.07) is 18.9. The Morgan fingerprint density at radius 3 is 2.00 bits per heavy atom. The van der Waals surface area contributed by atoms with Crippen molar-refractivity contribution in [3.8, 4) is 0 Å². The number of hydrogen-bond donors (Lipinski definition) is 3. The van der Waals surface area contributed by atoms with Crippen molar-refractivity contribution < 1.29 is 18.0 Å². The molecule has 0 heterocycles. The Kier molecular flexibility index (Phi) is 6.39. The maximum atomic E-state index is 12.7. The van der Waals surface area contributed by atoms with E-state index in [4.69, 9.17) is 11.6 Å². The lowest BCUT2D eigenvalue weighted by molar-refractivity contribution is -0.114. The summed E-state index contributed by atoms with van der Waals surface area (Å²) < 4.78 is 27.9. The third-order valence-corrected chi connectivity index (χ3v) is 5.83. The van der Waals surface area contributed by atoms with Gasteiger partial charge >= 0.3 is 0 Å². The Morgan fingerprint density at radius 2 is 1.40 bits per heavy atom. The molecule has 0 spiro atoms. The van der Waals surface area contributed by atoms with E-state index in [0.29, 0.717) is 17.1 Å². The highest BCUT2D eigenvalue weighted by molar-refractivity contribution is 7.92. The molecule has 30 heavy (non-hydrogen) atoms. The predicted octanol–water partition coefficient (Wildman–Crippen LogP) is 4.35. The van der Waals surface area contributed by atoms with Crippen LogP contribution in [0.3, 0.4) is 0 Å². The van der Waals surface area contributed by atoms with Crippen LogP contribution in [0.1, 0.15) is 17.3 Å². The number of benzene rings is 3. The lowest BCUT2D eigenvalue weighted by atomic mass is 10.2. The number of carbonyl (C=O) groups excluding carboxylic acids is 2. The van der Waals surface area contributed by atoms with E-state index in [9.17, 15) is 18.0 Å². The fourth-order valence-corrected chi connectivity index (χ4v) is 4.20. The minimum atomic E-state index is -3.99. The van der Waals surface area contributed by atoms with Crippen molar-refractivity contribution >= 4 is 50.5 Å². The molecule has 0 saturated heterocycles. The lowest BCUT2D eigenvalue weighted by Gasteiger charge is -2.12.